The maximum absolute atomic E-state index is 11.2. The maximum Gasteiger partial charge on any atom is 0.404 e. The summed E-state index contributed by atoms with van der Waals surface area (Å²) < 4.78 is 7.05. The molecule has 4 aromatic rings. The third-order valence-corrected chi connectivity index (χ3v) is 7.01. The topological polar surface area (TPSA) is 114 Å². The van der Waals surface area contributed by atoms with Gasteiger partial charge in [0.1, 0.15) is 19.3 Å². The largest absolute Gasteiger partial charge is 0.448 e. The van der Waals surface area contributed by atoms with Crippen LogP contribution in [0, 0.1) is 0 Å². The van der Waals surface area contributed by atoms with Crippen molar-refractivity contribution in [2.75, 3.05) is 26.2 Å². The van der Waals surface area contributed by atoms with Crippen molar-refractivity contribution >= 4 is 17.0 Å². The summed E-state index contributed by atoms with van der Waals surface area (Å²) >= 11 is 0. The third kappa shape index (κ3) is 5.92. The van der Waals surface area contributed by atoms with Gasteiger partial charge in [-0.2, -0.15) is 0 Å². The number of aromatic nitrogens is 4. The van der Waals surface area contributed by atoms with E-state index < -0.39 is 6.09 Å². The molecule has 9 heteroatoms. The number of piperidine rings is 1. The molecule has 5 rings (SSSR count). The number of benzene rings is 2. The van der Waals surface area contributed by atoms with Gasteiger partial charge in [-0.1, -0.05) is 30.3 Å². The molecule has 0 aliphatic carbocycles. The quantitative estimate of drug-likeness (QED) is 0.315. The highest BCUT2D eigenvalue weighted by atomic mass is 16.5. The van der Waals surface area contributed by atoms with E-state index >= 15 is 0 Å². The van der Waals surface area contributed by atoms with Gasteiger partial charge in [-0.3, -0.25) is 4.57 Å². The number of amides is 1. The van der Waals surface area contributed by atoms with Gasteiger partial charge in [0.2, 0.25) is 0 Å². The number of nitrogens with one attached hydrogen (secondary N) is 2. The summed E-state index contributed by atoms with van der Waals surface area (Å²) in [5.41, 5.74) is 9.88. The molecule has 36 heavy (non-hydrogen) atoms. The molecule has 1 fully saturated rings. The Kier molecular flexibility index (Phi) is 7.58. The van der Waals surface area contributed by atoms with E-state index in [4.69, 9.17) is 10.5 Å². The van der Waals surface area contributed by atoms with Crippen molar-refractivity contribution in [2.45, 2.75) is 37.8 Å². The van der Waals surface area contributed by atoms with Crippen LogP contribution in [0.2, 0.25) is 0 Å². The summed E-state index contributed by atoms with van der Waals surface area (Å²) in [6, 6.07) is 16.8. The van der Waals surface area contributed by atoms with Crippen LogP contribution in [-0.2, 0) is 11.2 Å². The van der Waals surface area contributed by atoms with Gasteiger partial charge in [-0.15, -0.1) is 10.2 Å². The van der Waals surface area contributed by atoms with Gasteiger partial charge < -0.3 is 25.7 Å². The summed E-state index contributed by atoms with van der Waals surface area (Å²) in [5.74, 6) is 0. The molecule has 0 radical (unpaired) electrons. The molecule has 2 aromatic carbocycles. The Morgan fingerprint density at radius 1 is 1.14 bits per heavy atom. The van der Waals surface area contributed by atoms with Crippen molar-refractivity contribution in [3.8, 4) is 5.69 Å². The van der Waals surface area contributed by atoms with E-state index in [9.17, 15) is 4.79 Å². The Morgan fingerprint density at radius 2 is 1.92 bits per heavy atom. The number of primary amides is 1. The van der Waals surface area contributed by atoms with E-state index in [1.807, 2.05) is 22.8 Å². The van der Waals surface area contributed by atoms with Gasteiger partial charge >= 0.3 is 6.09 Å². The van der Waals surface area contributed by atoms with Crippen LogP contribution >= 0.6 is 0 Å². The maximum atomic E-state index is 11.2. The summed E-state index contributed by atoms with van der Waals surface area (Å²) in [5, 5.41) is 12.8. The van der Waals surface area contributed by atoms with E-state index in [1.165, 1.54) is 10.9 Å². The van der Waals surface area contributed by atoms with Crippen molar-refractivity contribution in [1.29, 1.82) is 0 Å². The molecule has 1 aliphatic rings. The number of H-pyrrole nitrogens is 1. The van der Waals surface area contributed by atoms with Gasteiger partial charge in [0, 0.05) is 28.8 Å². The number of fused-ring (bicyclic) bond motifs is 1. The highest BCUT2D eigenvalue weighted by molar-refractivity contribution is 5.85. The second-order valence-corrected chi connectivity index (χ2v) is 9.39. The molecule has 2 aromatic heterocycles. The molecule has 1 unspecified atom stereocenters. The molecule has 0 saturated carbocycles. The minimum absolute atomic E-state index is 0.0554. The molecular weight excluding hydrogens is 454 g/mol. The third-order valence-electron chi connectivity index (χ3n) is 7.01. The smallest absolute Gasteiger partial charge is 0.404 e. The standard InChI is InChI=1S/C27H33N7O2/c28-27(35)36-17-26(20-5-2-1-3-6-20)32-22-10-13-33(14-11-22)12-4-7-21-16-29-25-9-8-23(15-24(21)25)34-18-30-31-19-34/h1-3,5-6,8-9,15-16,18-19,22,26,29,32H,4,7,10-14,17H2,(H2,28,35). The first-order chi connectivity index (χ1) is 17.7. The number of ether oxygens (including phenoxy) is 1. The normalized spacial score (nSPS) is 15.8. The van der Waals surface area contributed by atoms with Crippen LogP contribution in [-0.4, -0.2) is 63.0 Å². The van der Waals surface area contributed by atoms with E-state index in [0.717, 1.165) is 62.1 Å². The highest BCUT2D eigenvalue weighted by Crippen LogP contribution is 2.24. The number of hydrogen-bond acceptors (Lipinski definition) is 6. The molecule has 1 saturated heterocycles. The lowest BCUT2D eigenvalue weighted by molar-refractivity contribution is 0.132. The zero-order chi connectivity index (χ0) is 24.7. The van der Waals surface area contributed by atoms with E-state index in [-0.39, 0.29) is 12.6 Å². The molecule has 0 spiro atoms. The fourth-order valence-corrected chi connectivity index (χ4v) is 5.06. The number of aromatic amines is 1. The first kappa shape index (κ1) is 24.0. The summed E-state index contributed by atoms with van der Waals surface area (Å²) in [6.45, 7) is 3.43. The average molecular weight is 488 g/mol. The van der Waals surface area contributed by atoms with E-state index in [1.54, 1.807) is 12.7 Å². The molecule has 188 valence electrons. The molecule has 0 bridgehead atoms. The fraction of sp³-hybridized carbons (Fsp3) is 0.370. The Morgan fingerprint density at radius 3 is 2.67 bits per heavy atom. The Bertz CT molecular complexity index is 1250. The highest BCUT2D eigenvalue weighted by Gasteiger charge is 2.23. The monoisotopic (exact) mass is 487 g/mol. The predicted octanol–water partition coefficient (Wildman–Crippen LogP) is 3.57. The van der Waals surface area contributed by atoms with Crippen molar-refractivity contribution in [3.63, 3.8) is 0 Å². The van der Waals surface area contributed by atoms with E-state index in [0.29, 0.717) is 6.04 Å². The van der Waals surface area contributed by atoms with Gasteiger partial charge in [-0.05, 0) is 74.6 Å². The Labute approximate surface area is 210 Å². The Balaban J connectivity index is 1.11. The minimum Gasteiger partial charge on any atom is -0.448 e. The second-order valence-electron chi connectivity index (χ2n) is 9.39. The first-order valence-electron chi connectivity index (χ1n) is 12.6. The second kappa shape index (κ2) is 11.4. The minimum atomic E-state index is -0.738. The molecule has 9 nitrogen and oxygen atoms in total. The van der Waals surface area contributed by atoms with Crippen LogP contribution in [0.3, 0.4) is 0 Å². The van der Waals surface area contributed by atoms with Crippen molar-refractivity contribution in [2.24, 2.45) is 5.73 Å². The number of aryl methyl sites for hydroxylation is 1. The predicted molar refractivity (Wildman–Crippen MR) is 139 cm³/mol. The number of nitrogens with two attached hydrogens (primary N) is 1. The van der Waals surface area contributed by atoms with Crippen molar-refractivity contribution < 1.29 is 9.53 Å². The molecule has 4 N–H and O–H groups in total. The number of rotatable bonds is 10. The lowest BCUT2D eigenvalue weighted by Gasteiger charge is -2.34. The van der Waals surface area contributed by atoms with Crippen LogP contribution < -0.4 is 11.1 Å². The SMILES string of the molecule is NC(=O)OCC(NC1CCN(CCCc2c[nH]c3ccc(-n4cnnc4)cc23)CC1)c1ccccc1. The molecular formula is C27H33N7O2. The number of nitrogens with zero attached hydrogens (tertiary/aromatic N) is 4. The molecule has 1 aliphatic heterocycles. The number of carbonyl (C=O) groups is 1. The van der Waals surface area contributed by atoms with Crippen LogP contribution in [0.5, 0.6) is 0 Å². The van der Waals surface area contributed by atoms with Crippen LogP contribution in [0.15, 0.2) is 67.4 Å². The van der Waals surface area contributed by atoms with Crippen LogP contribution in [0.25, 0.3) is 16.6 Å². The lowest BCUT2D eigenvalue weighted by Crippen LogP contribution is -2.45. The van der Waals surface area contributed by atoms with Gasteiger partial charge in [0.15, 0.2) is 0 Å². The van der Waals surface area contributed by atoms with Crippen LogP contribution in [0.4, 0.5) is 4.79 Å². The van der Waals surface area contributed by atoms with Gasteiger partial charge in [0.25, 0.3) is 0 Å². The summed E-state index contributed by atoms with van der Waals surface area (Å²) in [6.07, 6.45) is 9.11. The van der Waals surface area contributed by atoms with Crippen molar-refractivity contribution in [1.82, 2.24) is 30.0 Å². The van der Waals surface area contributed by atoms with Gasteiger partial charge in [-0.25, -0.2) is 4.79 Å². The van der Waals surface area contributed by atoms with E-state index in [2.05, 4.69) is 61.9 Å². The summed E-state index contributed by atoms with van der Waals surface area (Å²) in [7, 11) is 0. The first-order valence-corrected chi connectivity index (χ1v) is 12.6. The average Bonchev–Trinajstić information content (AvgIpc) is 3.58. The number of likely N-dealkylation sites (tertiary alicyclic amines) is 1. The zero-order valence-corrected chi connectivity index (χ0v) is 20.3. The molecule has 1 atom stereocenters. The summed E-state index contributed by atoms with van der Waals surface area (Å²) in [4.78, 5) is 17.1. The Hall–Kier alpha value is -3.69. The zero-order valence-electron chi connectivity index (χ0n) is 20.3. The van der Waals surface area contributed by atoms with Gasteiger partial charge in [0.05, 0.1) is 6.04 Å². The van der Waals surface area contributed by atoms with Crippen LogP contribution in [0.1, 0.15) is 36.4 Å². The molecule has 3 heterocycles. The molecule has 1 amide bonds. The number of carbonyl (C=O) groups excluding carboxylic acids is 1. The number of hydrogen-bond donors (Lipinski definition) is 3. The lowest BCUT2D eigenvalue weighted by atomic mass is 10.0. The van der Waals surface area contributed by atoms with Crippen molar-refractivity contribution in [3.05, 3.63) is 78.5 Å². The fourth-order valence-electron chi connectivity index (χ4n) is 5.06.